The number of hydrogen-bond donors (Lipinski definition) is 1. The highest BCUT2D eigenvalue weighted by Crippen LogP contribution is 2.23. The van der Waals surface area contributed by atoms with E-state index in [1.165, 1.54) is 6.42 Å². The molecule has 0 radical (unpaired) electrons. The van der Waals surface area contributed by atoms with Crippen LogP contribution in [0.5, 0.6) is 0 Å². The van der Waals surface area contributed by atoms with Crippen LogP contribution >= 0.6 is 0 Å². The van der Waals surface area contributed by atoms with Gasteiger partial charge in [-0.3, -0.25) is 9.69 Å². The second-order valence-corrected chi connectivity index (χ2v) is 6.43. The van der Waals surface area contributed by atoms with Gasteiger partial charge < -0.3 is 14.6 Å². The summed E-state index contributed by atoms with van der Waals surface area (Å²) >= 11 is 0. The van der Waals surface area contributed by atoms with Crippen molar-refractivity contribution in [3.63, 3.8) is 0 Å². The van der Waals surface area contributed by atoms with E-state index in [1.807, 2.05) is 11.1 Å². The summed E-state index contributed by atoms with van der Waals surface area (Å²) in [6.45, 7) is 4.14. The predicted molar refractivity (Wildman–Crippen MR) is 83.3 cm³/mol. The van der Waals surface area contributed by atoms with Crippen LogP contribution in [0, 0.1) is 5.92 Å². The van der Waals surface area contributed by atoms with Gasteiger partial charge in [-0.1, -0.05) is 0 Å². The number of likely N-dealkylation sites (N-methyl/N-ethyl adjacent to an activating group) is 1. The molecule has 0 saturated carbocycles. The number of aromatic nitrogens is 2. The number of amides is 1. The summed E-state index contributed by atoms with van der Waals surface area (Å²) in [5.74, 6) is 1.78. The summed E-state index contributed by atoms with van der Waals surface area (Å²) in [5.41, 5.74) is 0. The number of ether oxygens (including phenoxy) is 1. The zero-order valence-electron chi connectivity index (χ0n) is 13.3. The summed E-state index contributed by atoms with van der Waals surface area (Å²) in [6, 6.07) is 0.172. The number of nitrogens with zero attached hydrogens (tertiary/aromatic N) is 3. The minimum Gasteiger partial charge on any atom is -0.381 e. The molecule has 3 rings (SSSR count). The van der Waals surface area contributed by atoms with Crippen LogP contribution in [0.3, 0.4) is 0 Å². The van der Waals surface area contributed by atoms with Gasteiger partial charge in [-0.05, 0) is 32.2 Å². The fourth-order valence-corrected chi connectivity index (χ4v) is 3.38. The van der Waals surface area contributed by atoms with Gasteiger partial charge in [0.2, 0.25) is 5.91 Å². The van der Waals surface area contributed by atoms with Gasteiger partial charge in [0.05, 0.1) is 6.04 Å². The minimum atomic E-state index is 0.172. The minimum absolute atomic E-state index is 0.172. The highest BCUT2D eigenvalue weighted by Gasteiger charge is 2.30. The van der Waals surface area contributed by atoms with Crippen LogP contribution in [0.15, 0.2) is 12.4 Å². The van der Waals surface area contributed by atoms with Crippen molar-refractivity contribution in [2.45, 2.75) is 31.7 Å². The second-order valence-electron chi connectivity index (χ2n) is 6.43. The number of nitrogens with one attached hydrogen (secondary N) is 1. The molecule has 1 aromatic heterocycles. The van der Waals surface area contributed by atoms with Gasteiger partial charge in [0.25, 0.3) is 0 Å². The number of H-pyrrole nitrogens is 1. The van der Waals surface area contributed by atoms with Gasteiger partial charge in [-0.15, -0.1) is 0 Å². The lowest BCUT2D eigenvalue weighted by Gasteiger charge is -2.38. The third kappa shape index (κ3) is 3.67. The largest absolute Gasteiger partial charge is 0.381 e. The van der Waals surface area contributed by atoms with Crippen LogP contribution in [0.1, 0.15) is 37.5 Å². The number of carbonyl (C=O) groups is 1. The molecular weight excluding hydrogens is 280 g/mol. The second kappa shape index (κ2) is 7.24. The van der Waals surface area contributed by atoms with E-state index in [0.717, 1.165) is 51.5 Å². The van der Waals surface area contributed by atoms with E-state index < -0.39 is 0 Å². The Labute approximate surface area is 131 Å². The summed E-state index contributed by atoms with van der Waals surface area (Å²) in [4.78, 5) is 24.3. The number of rotatable bonds is 4. The van der Waals surface area contributed by atoms with E-state index in [9.17, 15) is 4.79 Å². The summed E-state index contributed by atoms with van der Waals surface area (Å²) in [6.07, 6.45) is 7.54. The molecule has 0 aromatic carbocycles. The molecule has 2 aliphatic rings. The lowest BCUT2D eigenvalue weighted by atomic mass is 9.96. The third-order valence-electron chi connectivity index (χ3n) is 4.86. The van der Waals surface area contributed by atoms with Crippen molar-refractivity contribution < 1.29 is 9.53 Å². The molecule has 2 atom stereocenters. The van der Waals surface area contributed by atoms with Crippen molar-refractivity contribution >= 4 is 5.91 Å². The van der Waals surface area contributed by atoms with Crippen molar-refractivity contribution in [1.29, 1.82) is 0 Å². The number of carbonyl (C=O) groups excluding carboxylic acids is 1. The average molecular weight is 306 g/mol. The lowest BCUT2D eigenvalue weighted by molar-refractivity contribution is -0.134. The smallest absolute Gasteiger partial charge is 0.222 e. The predicted octanol–water partition coefficient (Wildman–Crippen LogP) is 1.43. The van der Waals surface area contributed by atoms with Gasteiger partial charge in [0, 0.05) is 51.7 Å². The van der Waals surface area contributed by atoms with Crippen molar-refractivity contribution in [3.8, 4) is 0 Å². The number of imidazole rings is 1. The fraction of sp³-hybridized carbons (Fsp3) is 0.750. The Hall–Kier alpha value is -1.40. The Morgan fingerprint density at radius 1 is 1.50 bits per heavy atom. The van der Waals surface area contributed by atoms with Gasteiger partial charge >= 0.3 is 0 Å². The molecule has 1 aromatic rings. The zero-order valence-corrected chi connectivity index (χ0v) is 13.3. The summed E-state index contributed by atoms with van der Waals surface area (Å²) < 4.78 is 5.50. The van der Waals surface area contributed by atoms with Crippen LogP contribution in [-0.4, -0.2) is 65.6 Å². The van der Waals surface area contributed by atoms with Crippen LogP contribution in [0.2, 0.25) is 0 Å². The average Bonchev–Trinajstić information content (AvgIpc) is 3.08. The van der Waals surface area contributed by atoms with E-state index in [0.29, 0.717) is 12.3 Å². The first-order chi connectivity index (χ1) is 10.7. The Kier molecular flexibility index (Phi) is 5.10. The van der Waals surface area contributed by atoms with E-state index in [1.54, 1.807) is 6.20 Å². The maximum Gasteiger partial charge on any atom is 0.222 e. The first-order valence-corrected chi connectivity index (χ1v) is 8.29. The van der Waals surface area contributed by atoms with Gasteiger partial charge in [0.15, 0.2) is 0 Å². The molecule has 3 heterocycles. The SMILES string of the molecule is CN1CCN(C(=O)CCC2CCCOC2)CC1c1ncc[nH]1. The lowest BCUT2D eigenvalue weighted by Crippen LogP contribution is -2.49. The maximum absolute atomic E-state index is 12.5. The quantitative estimate of drug-likeness (QED) is 0.914. The van der Waals surface area contributed by atoms with Crippen molar-refractivity contribution in [3.05, 3.63) is 18.2 Å². The van der Waals surface area contributed by atoms with Crippen LogP contribution in [0.4, 0.5) is 0 Å². The van der Waals surface area contributed by atoms with E-state index >= 15 is 0 Å². The molecule has 1 N–H and O–H groups in total. The van der Waals surface area contributed by atoms with Gasteiger partial charge in [0.1, 0.15) is 5.82 Å². The van der Waals surface area contributed by atoms with Crippen molar-refractivity contribution in [1.82, 2.24) is 19.8 Å². The van der Waals surface area contributed by atoms with Crippen LogP contribution in [-0.2, 0) is 9.53 Å². The first kappa shape index (κ1) is 15.5. The van der Waals surface area contributed by atoms with Crippen molar-refractivity contribution in [2.75, 3.05) is 39.9 Å². The summed E-state index contributed by atoms with van der Waals surface area (Å²) in [7, 11) is 2.09. The maximum atomic E-state index is 12.5. The molecule has 2 fully saturated rings. The Balaban J connectivity index is 1.51. The molecule has 122 valence electrons. The zero-order chi connectivity index (χ0) is 15.4. The van der Waals surface area contributed by atoms with Crippen molar-refractivity contribution in [2.24, 2.45) is 5.92 Å². The van der Waals surface area contributed by atoms with Crippen LogP contribution < -0.4 is 0 Å². The van der Waals surface area contributed by atoms with Crippen LogP contribution in [0.25, 0.3) is 0 Å². The molecule has 22 heavy (non-hydrogen) atoms. The summed E-state index contributed by atoms with van der Waals surface area (Å²) in [5, 5.41) is 0. The van der Waals surface area contributed by atoms with E-state index in [-0.39, 0.29) is 11.9 Å². The molecule has 2 unspecified atom stereocenters. The number of hydrogen-bond acceptors (Lipinski definition) is 4. The fourth-order valence-electron chi connectivity index (χ4n) is 3.38. The number of aromatic amines is 1. The molecule has 2 saturated heterocycles. The monoisotopic (exact) mass is 306 g/mol. The highest BCUT2D eigenvalue weighted by atomic mass is 16.5. The molecule has 0 aliphatic carbocycles. The molecule has 6 nitrogen and oxygen atoms in total. The van der Waals surface area contributed by atoms with E-state index in [4.69, 9.17) is 4.74 Å². The Bertz CT molecular complexity index is 471. The molecule has 0 bridgehead atoms. The Morgan fingerprint density at radius 3 is 3.14 bits per heavy atom. The molecular formula is C16H26N4O2. The standard InChI is InChI=1S/C16H26N4O2/c1-19-8-9-20(11-14(19)16-17-6-7-18-16)15(21)5-4-13-3-2-10-22-12-13/h6-7,13-14H,2-5,8-12H2,1H3,(H,17,18). The molecule has 1 amide bonds. The first-order valence-electron chi connectivity index (χ1n) is 8.29. The Morgan fingerprint density at radius 2 is 2.41 bits per heavy atom. The van der Waals surface area contributed by atoms with Gasteiger partial charge in [-0.25, -0.2) is 4.98 Å². The third-order valence-corrected chi connectivity index (χ3v) is 4.86. The van der Waals surface area contributed by atoms with E-state index in [2.05, 4.69) is 21.9 Å². The van der Waals surface area contributed by atoms with Gasteiger partial charge in [-0.2, -0.15) is 0 Å². The molecule has 6 heteroatoms. The number of piperazine rings is 1. The normalized spacial score (nSPS) is 27.0. The molecule has 2 aliphatic heterocycles. The molecule has 0 spiro atoms. The topological polar surface area (TPSA) is 61.5 Å². The highest BCUT2D eigenvalue weighted by molar-refractivity contribution is 5.76.